The predicted molar refractivity (Wildman–Crippen MR) is 133 cm³/mol. The second-order valence-corrected chi connectivity index (χ2v) is 8.13. The standard InChI is InChI=1S/C27H35N3O3/c1-5-7-15-22(31)19-30(18-6-2)20-23-26(21-13-9-8-10-14-21)28-29(3)27(23)33-25-17-12-11-16-24(25)32-4/h5,8-14,16-17,22,31H,1,6-7,15,18-20H2,2-4H3. The first-order valence-electron chi connectivity index (χ1n) is 11.5. The van der Waals surface area contributed by atoms with Crippen LogP contribution in [-0.4, -0.2) is 46.1 Å². The van der Waals surface area contributed by atoms with Crippen molar-refractivity contribution in [2.45, 2.75) is 38.8 Å². The van der Waals surface area contributed by atoms with Crippen LogP contribution in [0, 0.1) is 0 Å². The first kappa shape index (κ1) is 24.6. The molecule has 1 atom stereocenters. The van der Waals surface area contributed by atoms with Gasteiger partial charge in [-0.1, -0.05) is 55.5 Å². The average Bonchev–Trinajstić information content (AvgIpc) is 3.13. The van der Waals surface area contributed by atoms with Gasteiger partial charge in [0.2, 0.25) is 5.88 Å². The van der Waals surface area contributed by atoms with Crippen LogP contribution in [0.15, 0.2) is 67.3 Å². The molecule has 1 heterocycles. The van der Waals surface area contributed by atoms with E-state index in [0.717, 1.165) is 36.2 Å². The molecule has 0 aliphatic carbocycles. The second-order valence-electron chi connectivity index (χ2n) is 8.13. The molecule has 0 saturated heterocycles. The Bertz CT molecular complexity index is 1020. The van der Waals surface area contributed by atoms with E-state index in [1.165, 1.54) is 0 Å². The fourth-order valence-corrected chi connectivity index (χ4v) is 3.93. The molecule has 176 valence electrons. The number of ether oxygens (including phenoxy) is 2. The highest BCUT2D eigenvalue weighted by Gasteiger charge is 2.23. The molecular formula is C27H35N3O3. The predicted octanol–water partition coefficient (Wildman–Crippen LogP) is 5.43. The number of aryl methyl sites for hydroxylation is 1. The topological polar surface area (TPSA) is 59.8 Å². The first-order chi connectivity index (χ1) is 16.1. The van der Waals surface area contributed by atoms with Gasteiger partial charge in [-0.05, 0) is 37.9 Å². The van der Waals surface area contributed by atoms with Gasteiger partial charge in [0, 0.05) is 25.7 Å². The molecule has 0 spiro atoms. The van der Waals surface area contributed by atoms with E-state index in [0.29, 0.717) is 36.9 Å². The summed E-state index contributed by atoms with van der Waals surface area (Å²) in [7, 11) is 3.53. The van der Waals surface area contributed by atoms with Crippen molar-refractivity contribution in [1.82, 2.24) is 14.7 Å². The maximum Gasteiger partial charge on any atom is 0.222 e. The van der Waals surface area contributed by atoms with Gasteiger partial charge in [0.15, 0.2) is 11.5 Å². The first-order valence-corrected chi connectivity index (χ1v) is 11.5. The zero-order valence-corrected chi connectivity index (χ0v) is 19.9. The van der Waals surface area contributed by atoms with Crippen molar-refractivity contribution in [3.05, 3.63) is 72.8 Å². The van der Waals surface area contributed by atoms with Crippen molar-refractivity contribution in [3.63, 3.8) is 0 Å². The molecule has 0 aliphatic heterocycles. The van der Waals surface area contributed by atoms with Crippen LogP contribution < -0.4 is 9.47 Å². The van der Waals surface area contributed by atoms with Gasteiger partial charge in [-0.15, -0.1) is 6.58 Å². The van der Waals surface area contributed by atoms with Gasteiger partial charge in [0.05, 0.1) is 18.8 Å². The molecular weight excluding hydrogens is 414 g/mol. The van der Waals surface area contributed by atoms with Crippen molar-refractivity contribution in [2.75, 3.05) is 20.2 Å². The van der Waals surface area contributed by atoms with Crippen molar-refractivity contribution in [3.8, 4) is 28.6 Å². The summed E-state index contributed by atoms with van der Waals surface area (Å²) in [6.07, 6.45) is 3.92. The summed E-state index contributed by atoms with van der Waals surface area (Å²) in [5.74, 6) is 1.97. The molecule has 3 rings (SSSR count). The molecule has 0 radical (unpaired) electrons. The van der Waals surface area contributed by atoms with E-state index in [2.05, 4.69) is 30.5 Å². The molecule has 0 aliphatic rings. The summed E-state index contributed by atoms with van der Waals surface area (Å²) in [4.78, 5) is 2.27. The summed E-state index contributed by atoms with van der Waals surface area (Å²) in [5.41, 5.74) is 2.89. The SMILES string of the molecule is C=CCCC(O)CN(CCC)Cc1c(-c2ccccc2)nn(C)c1Oc1ccccc1OC. The summed E-state index contributed by atoms with van der Waals surface area (Å²) in [5, 5.41) is 15.4. The summed E-state index contributed by atoms with van der Waals surface area (Å²) in [6, 6.07) is 17.7. The minimum absolute atomic E-state index is 0.412. The van der Waals surface area contributed by atoms with Gasteiger partial charge < -0.3 is 14.6 Å². The number of nitrogens with zero attached hydrogens (tertiary/aromatic N) is 3. The summed E-state index contributed by atoms with van der Waals surface area (Å²) in [6.45, 7) is 7.97. The maximum atomic E-state index is 10.6. The molecule has 0 amide bonds. The van der Waals surface area contributed by atoms with Crippen LogP contribution in [0.1, 0.15) is 31.7 Å². The third kappa shape index (κ3) is 6.46. The molecule has 0 saturated carbocycles. The van der Waals surface area contributed by atoms with Crippen molar-refractivity contribution in [1.29, 1.82) is 0 Å². The number of aliphatic hydroxyl groups excluding tert-OH is 1. The van der Waals surface area contributed by atoms with Crippen molar-refractivity contribution >= 4 is 0 Å². The van der Waals surface area contributed by atoms with E-state index in [-0.39, 0.29) is 0 Å². The number of aromatic nitrogens is 2. The molecule has 1 aromatic heterocycles. The maximum absolute atomic E-state index is 10.6. The van der Waals surface area contributed by atoms with Crippen LogP contribution in [0.3, 0.4) is 0 Å². The quantitative estimate of drug-likeness (QED) is 0.353. The lowest BCUT2D eigenvalue weighted by Crippen LogP contribution is -2.33. The van der Waals surface area contributed by atoms with Crippen molar-refractivity contribution in [2.24, 2.45) is 7.05 Å². The number of benzene rings is 2. The monoisotopic (exact) mass is 449 g/mol. The number of allylic oxidation sites excluding steroid dienone is 1. The van der Waals surface area contributed by atoms with Crippen LogP contribution in [0.2, 0.25) is 0 Å². The minimum atomic E-state index is -0.412. The molecule has 6 nitrogen and oxygen atoms in total. The number of hydrogen-bond donors (Lipinski definition) is 1. The van der Waals surface area contributed by atoms with Crippen LogP contribution >= 0.6 is 0 Å². The minimum Gasteiger partial charge on any atom is -0.493 e. The van der Waals surface area contributed by atoms with E-state index in [1.54, 1.807) is 11.8 Å². The largest absolute Gasteiger partial charge is 0.493 e. The lowest BCUT2D eigenvalue weighted by atomic mass is 10.1. The van der Waals surface area contributed by atoms with Crippen LogP contribution in [0.5, 0.6) is 17.4 Å². The molecule has 6 heteroatoms. The van der Waals surface area contributed by atoms with E-state index >= 15 is 0 Å². The number of methoxy groups -OCH3 is 1. The second kappa shape index (κ2) is 12.2. The molecule has 33 heavy (non-hydrogen) atoms. The van der Waals surface area contributed by atoms with Gasteiger partial charge in [-0.25, -0.2) is 4.68 Å². The van der Waals surface area contributed by atoms with E-state index in [1.807, 2.05) is 55.6 Å². The molecule has 0 bridgehead atoms. The normalized spacial score (nSPS) is 12.0. The van der Waals surface area contributed by atoms with E-state index in [4.69, 9.17) is 14.6 Å². The third-order valence-electron chi connectivity index (χ3n) is 5.51. The van der Waals surface area contributed by atoms with Gasteiger partial charge in [0.25, 0.3) is 0 Å². The average molecular weight is 450 g/mol. The Morgan fingerprint density at radius 3 is 2.48 bits per heavy atom. The summed E-state index contributed by atoms with van der Waals surface area (Å²) >= 11 is 0. The molecule has 1 unspecified atom stereocenters. The Morgan fingerprint density at radius 2 is 1.82 bits per heavy atom. The highest BCUT2D eigenvalue weighted by molar-refractivity contribution is 5.65. The Labute approximate surface area is 197 Å². The van der Waals surface area contributed by atoms with E-state index < -0.39 is 6.10 Å². The Kier molecular flexibility index (Phi) is 9.10. The molecule has 1 N–H and O–H groups in total. The number of para-hydroxylation sites is 2. The smallest absolute Gasteiger partial charge is 0.222 e. The lowest BCUT2D eigenvalue weighted by Gasteiger charge is -2.25. The van der Waals surface area contributed by atoms with Gasteiger partial charge in [0.1, 0.15) is 5.69 Å². The number of aliphatic hydroxyl groups is 1. The number of rotatable bonds is 13. The van der Waals surface area contributed by atoms with Crippen LogP contribution in [0.4, 0.5) is 0 Å². The van der Waals surface area contributed by atoms with Gasteiger partial charge >= 0.3 is 0 Å². The fraction of sp³-hybridized carbons (Fsp3) is 0.370. The Balaban J connectivity index is 1.99. The molecule has 2 aromatic carbocycles. The van der Waals surface area contributed by atoms with Crippen molar-refractivity contribution < 1.29 is 14.6 Å². The highest BCUT2D eigenvalue weighted by Crippen LogP contribution is 2.37. The van der Waals surface area contributed by atoms with Crippen LogP contribution in [0.25, 0.3) is 11.3 Å². The Morgan fingerprint density at radius 1 is 1.12 bits per heavy atom. The van der Waals surface area contributed by atoms with Gasteiger partial charge in [-0.2, -0.15) is 5.10 Å². The third-order valence-corrected chi connectivity index (χ3v) is 5.51. The van der Waals surface area contributed by atoms with Crippen LogP contribution in [-0.2, 0) is 13.6 Å². The highest BCUT2D eigenvalue weighted by atomic mass is 16.5. The van der Waals surface area contributed by atoms with Gasteiger partial charge in [-0.3, -0.25) is 4.90 Å². The molecule has 0 fully saturated rings. The summed E-state index contributed by atoms with van der Waals surface area (Å²) < 4.78 is 13.7. The zero-order chi connectivity index (χ0) is 23.6. The van der Waals surface area contributed by atoms with E-state index in [9.17, 15) is 5.11 Å². The number of hydrogen-bond acceptors (Lipinski definition) is 5. The molecule has 3 aromatic rings. The lowest BCUT2D eigenvalue weighted by molar-refractivity contribution is 0.102. The Hall–Kier alpha value is -3.09. The fourth-order valence-electron chi connectivity index (χ4n) is 3.93. The zero-order valence-electron chi connectivity index (χ0n) is 19.9.